The molecule has 0 unspecified atom stereocenters. The Labute approximate surface area is 100 Å². The number of rotatable bonds is 2. The quantitative estimate of drug-likeness (QED) is 0.833. The average Bonchev–Trinajstić information content (AvgIpc) is 2.62. The Balaban J connectivity index is 2.25. The van der Waals surface area contributed by atoms with Crippen LogP contribution in [0.25, 0.3) is 0 Å². The minimum Gasteiger partial charge on any atom is -0.331 e. The molecule has 72 valence electrons. The maximum absolute atomic E-state index is 5.84. The lowest BCUT2D eigenvalue weighted by Gasteiger charge is -2.05. The minimum atomic E-state index is 0.727. The van der Waals surface area contributed by atoms with Crippen LogP contribution >= 0.6 is 34.2 Å². The van der Waals surface area contributed by atoms with Gasteiger partial charge in [0.25, 0.3) is 0 Å². The van der Waals surface area contributed by atoms with Gasteiger partial charge in [0.15, 0.2) is 0 Å². The van der Waals surface area contributed by atoms with Gasteiger partial charge in [-0.15, -0.1) is 0 Å². The Kier molecular flexibility index (Phi) is 2.93. The van der Waals surface area contributed by atoms with E-state index in [0.29, 0.717) is 0 Å². The predicted octanol–water partition coefficient (Wildman–Crippen LogP) is 3.41. The lowest BCUT2D eigenvalue weighted by atomic mass is 10.3. The highest BCUT2D eigenvalue weighted by Crippen LogP contribution is 2.23. The first-order valence-corrected chi connectivity index (χ1v) is 5.43. The first-order valence-electron chi connectivity index (χ1n) is 3.97. The number of anilines is 2. The Morgan fingerprint density at radius 3 is 2.93 bits per heavy atom. The summed E-state index contributed by atoms with van der Waals surface area (Å²) in [5.74, 6) is 0.727. The van der Waals surface area contributed by atoms with Gasteiger partial charge in [-0.2, -0.15) is 0 Å². The van der Waals surface area contributed by atoms with E-state index in [9.17, 15) is 0 Å². The fourth-order valence-electron chi connectivity index (χ4n) is 1.05. The molecule has 0 radical (unpaired) electrons. The summed E-state index contributed by atoms with van der Waals surface area (Å²) < 4.78 is 1.06. The highest BCUT2D eigenvalue weighted by Gasteiger charge is 2.01. The number of imidazole rings is 1. The van der Waals surface area contributed by atoms with E-state index in [1.54, 1.807) is 12.4 Å². The highest BCUT2D eigenvalue weighted by molar-refractivity contribution is 14.1. The van der Waals surface area contributed by atoms with E-state index in [4.69, 9.17) is 11.6 Å². The minimum absolute atomic E-state index is 0.727. The molecule has 3 nitrogen and oxygen atoms in total. The molecule has 2 rings (SSSR count). The van der Waals surface area contributed by atoms with Crippen molar-refractivity contribution >= 4 is 45.8 Å². The fourth-order valence-corrected chi connectivity index (χ4v) is 2.06. The topological polar surface area (TPSA) is 40.7 Å². The number of nitrogens with zero attached hydrogens (tertiary/aromatic N) is 1. The molecule has 0 atom stereocenters. The molecule has 0 spiro atoms. The first-order chi connectivity index (χ1) is 6.75. The van der Waals surface area contributed by atoms with Gasteiger partial charge in [0, 0.05) is 21.0 Å². The zero-order valence-electron chi connectivity index (χ0n) is 7.09. The van der Waals surface area contributed by atoms with Crippen LogP contribution in [0, 0.1) is 3.57 Å². The molecular weight excluding hydrogens is 312 g/mol. The summed E-state index contributed by atoms with van der Waals surface area (Å²) in [6, 6.07) is 5.66. The standard InChI is InChI=1S/C9H7ClIN3/c10-6-1-2-8(7(11)5-6)14-9-12-3-4-13-9/h1-5H,(H2,12,13,14). The van der Waals surface area contributed by atoms with Gasteiger partial charge in [-0.1, -0.05) is 11.6 Å². The van der Waals surface area contributed by atoms with Crippen LogP contribution in [0.15, 0.2) is 30.6 Å². The second kappa shape index (κ2) is 4.18. The third kappa shape index (κ3) is 2.19. The van der Waals surface area contributed by atoms with Crippen LogP contribution in [0.3, 0.4) is 0 Å². The van der Waals surface area contributed by atoms with Gasteiger partial charge in [-0.05, 0) is 40.8 Å². The fraction of sp³-hybridized carbons (Fsp3) is 0. The zero-order valence-corrected chi connectivity index (χ0v) is 10.0. The molecule has 0 aliphatic rings. The van der Waals surface area contributed by atoms with Crippen LogP contribution in [0.4, 0.5) is 11.6 Å². The maximum atomic E-state index is 5.84. The first kappa shape index (κ1) is 9.79. The van der Waals surface area contributed by atoms with Crippen molar-refractivity contribution in [3.63, 3.8) is 0 Å². The maximum Gasteiger partial charge on any atom is 0.204 e. The van der Waals surface area contributed by atoms with Crippen molar-refractivity contribution in [3.05, 3.63) is 39.2 Å². The summed E-state index contributed by atoms with van der Waals surface area (Å²) in [5.41, 5.74) is 0.991. The Morgan fingerprint density at radius 2 is 2.29 bits per heavy atom. The van der Waals surface area contributed by atoms with Crippen LogP contribution in [-0.4, -0.2) is 9.97 Å². The molecule has 2 aromatic rings. The van der Waals surface area contributed by atoms with Crippen LogP contribution in [0.1, 0.15) is 0 Å². The van der Waals surface area contributed by atoms with Gasteiger partial charge in [0.1, 0.15) is 0 Å². The normalized spacial score (nSPS) is 10.1. The predicted molar refractivity (Wildman–Crippen MR) is 66.0 cm³/mol. The molecule has 1 heterocycles. The molecule has 0 fully saturated rings. The van der Waals surface area contributed by atoms with E-state index in [1.165, 1.54) is 0 Å². The number of hydrogen-bond acceptors (Lipinski definition) is 2. The number of aromatic nitrogens is 2. The molecule has 0 saturated heterocycles. The molecule has 0 bridgehead atoms. The number of benzene rings is 1. The van der Waals surface area contributed by atoms with E-state index in [1.807, 2.05) is 18.2 Å². The molecule has 2 N–H and O–H groups in total. The number of nitrogens with one attached hydrogen (secondary N) is 2. The number of halogens is 2. The van der Waals surface area contributed by atoms with Gasteiger partial charge in [-0.3, -0.25) is 0 Å². The van der Waals surface area contributed by atoms with E-state index in [0.717, 1.165) is 20.2 Å². The van der Waals surface area contributed by atoms with Crippen molar-refractivity contribution < 1.29 is 0 Å². The molecule has 0 saturated carbocycles. The van der Waals surface area contributed by atoms with E-state index < -0.39 is 0 Å². The lowest BCUT2D eigenvalue weighted by molar-refractivity contribution is 1.28. The van der Waals surface area contributed by atoms with Gasteiger partial charge >= 0.3 is 0 Å². The second-order valence-electron chi connectivity index (χ2n) is 2.69. The third-order valence-electron chi connectivity index (χ3n) is 1.68. The van der Waals surface area contributed by atoms with Crippen LogP contribution in [0.2, 0.25) is 5.02 Å². The summed E-state index contributed by atoms with van der Waals surface area (Å²) in [6.45, 7) is 0. The summed E-state index contributed by atoms with van der Waals surface area (Å²) in [4.78, 5) is 7.04. The van der Waals surface area contributed by atoms with Crippen molar-refractivity contribution in [3.8, 4) is 0 Å². The van der Waals surface area contributed by atoms with E-state index in [2.05, 4.69) is 37.9 Å². The van der Waals surface area contributed by atoms with Crippen molar-refractivity contribution in [1.29, 1.82) is 0 Å². The number of hydrogen-bond donors (Lipinski definition) is 2. The molecule has 1 aromatic heterocycles. The van der Waals surface area contributed by atoms with Gasteiger partial charge in [0.05, 0.1) is 5.69 Å². The zero-order chi connectivity index (χ0) is 9.97. The molecule has 0 aliphatic carbocycles. The van der Waals surface area contributed by atoms with Crippen LogP contribution in [-0.2, 0) is 0 Å². The molecular formula is C9H7ClIN3. The Bertz CT molecular complexity index is 428. The van der Waals surface area contributed by atoms with Crippen molar-refractivity contribution in [1.82, 2.24) is 9.97 Å². The Hall–Kier alpha value is -0.750. The van der Waals surface area contributed by atoms with Crippen molar-refractivity contribution in [2.24, 2.45) is 0 Å². The van der Waals surface area contributed by atoms with E-state index in [-0.39, 0.29) is 0 Å². The summed E-state index contributed by atoms with van der Waals surface area (Å²) in [7, 11) is 0. The number of H-pyrrole nitrogens is 1. The molecule has 1 aromatic carbocycles. The molecule has 5 heteroatoms. The largest absolute Gasteiger partial charge is 0.331 e. The second-order valence-corrected chi connectivity index (χ2v) is 4.29. The Morgan fingerprint density at radius 1 is 1.43 bits per heavy atom. The van der Waals surface area contributed by atoms with Gasteiger partial charge < -0.3 is 10.3 Å². The monoisotopic (exact) mass is 319 g/mol. The van der Waals surface area contributed by atoms with Crippen molar-refractivity contribution in [2.45, 2.75) is 0 Å². The summed E-state index contributed by atoms with van der Waals surface area (Å²) in [5, 5.41) is 3.88. The molecule has 0 aliphatic heterocycles. The van der Waals surface area contributed by atoms with Crippen LogP contribution in [0.5, 0.6) is 0 Å². The summed E-state index contributed by atoms with van der Waals surface area (Å²) >= 11 is 8.07. The smallest absolute Gasteiger partial charge is 0.204 e. The molecule has 14 heavy (non-hydrogen) atoms. The van der Waals surface area contributed by atoms with Gasteiger partial charge in [-0.25, -0.2) is 4.98 Å². The SMILES string of the molecule is Clc1ccc(Nc2ncc[nH]2)c(I)c1. The van der Waals surface area contributed by atoms with E-state index >= 15 is 0 Å². The van der Waals surface area contributed by atoms with Crippen LogP contribution < -0.4 is 5.32 Å². The van der Waals surface area contributed by atoms with Gasteiger partial charge in [0.2, 0.25) is 5.95 Å². The lowest BCUT2D eigenvalue weighted by Crippen LogP contribution is -1.94. The molecule has 0 amide bonds. The summed E-state index contributed by atoms with van der Waals surface area (Å²) in [6.07, 6.45) is 3.47. The average molecular weight is 320 g/mol. The van der Waals surface area contributed by atoms with Crippen molar-refractivity contribution in [2.75, 3.05) is 5.32 Å². The third-order valence-corrected chi connectivity index (χ3v) is 2.81. The number of aromatic amines is 1. The highest BCUT2D eigenvalue weighted by atomic mass is 127.